The number of carboxylic acid groups (broad SMARTS) is 1. The zero-order chi connectivity index (χ0) is 15.8. The number of carbonyl (C=O) groups is 3. The lowest BCUT2D eigenvalue weighted by molar-refractivity contribution is -0.122. The molecule has 0 saturated heterocycles. The highest BCUT2D eigenvalue weighted by molar-refractivity contribution is 5.95. The van der Waals surface area contributed by atoms with E-state index in [1.165, 1.54) is 6.07 Å². The van der Waals surface area contributed by atoms with Gasteiger partial charge in [0.15, 0.2) is 6.61 Å². The van der Waals surface area contributed by atoms with Gasteiger partial charge in [-0.3, -0.25) is 10.1 Å². The zero-order valence-corrected chi connectivity index (χ0v) is 11.9. The topological polar surface area (TPSA) is 105 Å². The van der Waals surface area contributed by atoms with Crippen molar-refractivity contribution in [3.8, 4) is 5.75 Å². The number of benzene rings is 1. The van der Waals surface area contributed by atoms with E-state index in [1.807, 2.05) is 6.92 Å². The normalized spacial score (nSPS) is 9.81. The molecule has 0 aliphatic rings. The predicted octanol–water partition coefficient (Wildman–Crippen LogP) is 1.31. The maximum atomic E-state index is 11.5. The molecule has 0 aromatic heterocycles. The van der Waals surface area contributed by atoms with Crippen LogP contribution in [0.4, 0.5) is 4.79 Å². The summed E-state index contributed by atoms with van der Waals surface area (Å²) >= 11 is 0. The molecule has 1 aromatic carbocycles. The fraction of sp³-hybridized carbons (Fsp3) is 0.357. The average molecular weight is 294 g/mol. The van der Waals surface area contributed by atoms with Crippen molar-refractivity contribution in [1.29, 1.82) is 0 Å². The van der Waals surface area contributed by atoms with E-state index in [0.717, 1.165) is 6.42 Å². The number of rotatable bonds is 6. The van der Waals surface area contributed by atoms with Gasteiger partial charge in [0.1, 0.15) is 11.3 Å². The maximum absolute atomic E-state index is 11.5. The Labute approximate surface area is 122 Å². The largest absolute Gasteiger partial charge is 0.483 e. The van der Waals surface area contributed by atoms with E-state index in [0.29, 0.717) is 12.1 Å². The quantitative estimate of drug-likeness (QED) is 0.733. The lowest BCUT2D eigenvalue weighted by Crippen LogP contribution is -2.41. The van der Waals surface area contributed by atoms with Gasteiger partial charge in [0, 0.05) is 6.54 Å². The molecule has 0 heterocycles. The Kier molecular flexibility index (Phi) is 6.19. The fourth-order valence-corrected chi connectivity index (χ4v) is 1.60. The Morgan fingerprint density at radius 3 is 2.62 bits per heavy atom. The molecule has 0 bridgehead atoms. The van der Waals surface area contributed by atoms with Gasteiger partial charge in [-0.1, -0.05) is 19.1 Å². The highest BCUT2D eigenvalue weighted by Crippen LogP contribution is 2.23. The molecule has 0 spiro atoms. The number of carboxylic acids is 1. The summed E-state index contributed by atoms with van der Waals surface area (Å²) < 4.78 is 5.22. The van der Waals surface area contributed by atoms with Gasteiger partial charge in [0.25, 0.3) is 5.91 Å². The second kappa shape index (κ2) is 7.88. The summed E-state index contributed by atoms with van der Waals surface area (Å²) in [4.78, 5) is 33.9. The first-order valence-corrected chi connectivity index (χ1v) is 6.49. The minimum absolute atomic E-state index is 0.0294. The molecule has 0 unspecified atom stereocenters. The van der Waals surface area contributed by atoms with Gasteiger partial charge < -0.3 is 15.2 Å². The number of carbonyl (C=O) groups excluding carboxylic acids is 2. The number of nitrogens with one attached hydrogen (secondary N) is 2. The first kappa shape index (κ1) is 16.5. The van der Waals surface area contributed by atoms with Crippen LogP contribution < -0.4 is 15.4 Å². The molecule has 7 nitrogen and oxygen atoms in total. The van der Waals surface area contributed by atoms with Crippen LogP contribution in [-0.4, -0.2) is 36.2 Å². The average Bonchev–Trinajstić information content (AvgIpc) is 2.43. The van der Waals surface area contributed by atoms with E-state index in [-0.39, 0.29) is 11.3 Å². The van der Waals surface area contributed by atoms with Crippen molar-refractivity contribution in [2.24, 2.45) is 0 Å². The molecule has 1 aromatic rings. The summed E-state index contributed by atoms with van der Waals surface area (Å²) in [7, 11) is 0. The third-order valence-electron chi connectivity index (χ3n) is 2.58. The molecule has 0 saturated carbocycles. The van der Waals surface area contributed by atoms with Crippen LogP contribution in [0.15, 0.2) is 18.2 Å². The third kappa shape index (κ3) is 5.13. The van der Waals surface area contributed by atoms with Crippen molar-refractivity contribution in [2.45, 2.75) is 20.3 Å². The Morgan fingerprint density at radius 1 is 1.29 bits per heavy atom. The molecule has 0 fully saturated rings. The van der Waals surface area contributed by atoms with Crippen LogP contribution in [0.5, 0.6) is 5.75 Å². The van der Waals surface area contributed by atoms with E-state index >= 15 is 0 Å². The van der Waals surface area contributed by atoms with Gasteiger partial charge in [-0.15, -0.1) is 0 Å². The second-order valence-corrected chi connectivity index (χ2v) is 4.35. The summed E-state index contributed by atoms with van der Waals surface area (Å²) in [6.07, 6.45) is 0.753. The predicted molar refractivity (Wildman–Crippen MR) is 75.5 cm³/mol. The van der Waals surface area contributed by atoms with Gasteiger partial charge in [0.2, 0.25) is 0 Å². The van der Waals surface area contributed by atoms with Gasteiger partial charge in [0.05, 0.1) is 0 Å². The van der Waals surface area contributed by atoms with E-state index in [2.05, 4.69) is 10.6 Å². The van der Waals surface area contributed by atoms with Crippen molar-refractivity contribution in [1.82, 2.24) is 10.6 Å². The third-order valence-corrected chi connectivity index (χ3v) is 2.58. The van der Waals surface area contributed by atoms with Gasteiger partial charge in [-0.2, -0.15) is 0 Å². The fourth-order valence-electron chi connectivity index (χ4n) is 1.60. The van der Waals surface area contributed by atoms with Crippen molar-refractivity contribution in [2.75, 3.05) is 13.2 Å². The number of para-hydroxylation sites is 1. The van der Waals surface area contributed by atoms with Crippen LogP contribution in [0.3, 0.4) is 0 Å². The Bertz CT molecular complexity index is 542. The van der Waals surface area contributed by atoms with Crippen molar-refractivity contribution in [3.63, 3.8) is 0 Å². The van der Waals surface area contributed by atoms with E-state index in [4.69, 9.17) is 9.84 Å². The van der Waals surface area contributed by atoms with Crippen LogP contribution in [-0.2, 0) is 4.79 Å². The van der Waals surface area contributed by atoms with Gasteiger partial charge >= 0.3 is 12.0 Å². The lowest BCUT2D eigenvalue weighted by Gasteiger charge is -2.11. The molecule has 3 N–H and O–H groups in total. The number of amides is 3. The SMILES string of the molecule is CCCNC(=O)NC(=O)COc1c(C)cccc1C(=O)O. The van der Waals surface area contributed by atoms with E-state index in [1.54, 1.807) is 19.1 Å². The smallest absolute Gasteiger partial charge is 0.339 e. The van der Waals surface area contributed by atoms with Crippen LogP contribution in [0, 0.1) is 6.92 Å². The Morgan fingerprint density at radius 2 is 2.00 bits per heavy atom. The van der Waals surface area contributed by atoms with Gasteiger partial charge in [-0.25, -0.2) is 9.59 Å². The molecule has 0 aliphatic heterocycles. The zero-order valence-electron chi connectivity index (χ0n) is 11.9. The highest BCUT2D eigenvalue weighted by Gasteiger charge is 2.15. The first-order chi connectivity index (χ1) is 9.95. The molecule has 114 valence electrons. The molecule has 3 amide bonds. The molecule has 21 heavy (non-hydrogen) atoms. The minimum atomic E-state index is -1.14. The Hall–Kier alpha value is -2.57. The molecule has 0 atom stereocenters. The van der Waals surface area contributed by atoms with E-state index in [9.17, 15) is 14.4 Å². The number of imide groups is 1. The van der Waals surface area contributed by atoms with Crippen LogP contribution in [0.2, 0.25) is 0 Å². The summed E-state index contributed by atoms with van der Waals surface area (Å²) in [6, 6.07) is 4.04. The summed E-state index contributed by atoms with van der Waals surface area (Å²) in [5.41, 5.74) is 0.566. The molecule has 7 heteroatoms. The van der Waals surface area contributed by atoms with Crippen molar-refractivity contribution < 1.29 is 24.2 Å². The van der Waals surface area contributed by atoms with Crippen LogP contribution in [0.1, 0.15) is 29.3 Å². The van der Waals surface area contributed by atoms with Crippen LogP contribution >= 0.6 is 0 Å². The number of urea groups is 1. The number of ether oxygens (including phenoxy) is 1. The minimum Gasteiger partial charge on any atom is -0.483 e. The number of aryl methyl sites for hydroxylation is 1. The standard InChI is InChI=1S/C14H18N2O5/c1-3-7-15-14(20)16-11(17)8-21-12-9(2)5-4-6-10(12)13(18)19/h4-6H,3,7-8H2,1-2H3,(H,18,19)(H2,15,16,17,20). The van der Waals surface area contributed by atoms with Gasteiger partial charge in [-0.05, 0) is 25.0 Å². The molecule has 0 radical (unpaired) electrons. The van der Waals surface area contributed by atoms with Crippen molar-refractivity contribution in [3.05, 3.63) is 29.3 Å². The lowest BCUT2D eigenvalue weighted by atomic mass is 10.1. The summed E-state index contributed by atoms with van der Waals surface area (Å²) in [5, 5.41) is 13.6. The molecular weight excluding hydrogens is 276 g/mol. The van der Waals surface area contributed by atoms with Crippen molar-refractivity contribution >= 4 is 17.9 Å². The Balaban J connectivity index is 2.61. The monoisotopic (exact) mass is 294 g/mol. The summed E-state index contributed by atoms with van der Waals surface area (Å²) in [5.74, 6) is -1.67. The highest BCUT2D eigenvalue weighted by atomic mass is 16.5. The second-order valence-electron chi connectivity index (χ2n) is 4.35. The maximum Gasteiger partial charge on any atom is 0.339 e. The van der Waals surface area contributed by atoms with E-state index < -0.39 is 24.5 Å². The van der Waals surface area contributed by atoms with Crippen LogP contribution in [0.25, 0.3) is 0 Å². The molecule has 0 aliphatic carbocycles. The first-order valence-electron chi connectivity index (χ1n) is 6.49. The number of hydrogen-bond acceptors (Lipinski definition) is 4. The summed E-state index contributed by atoms with van der Waals surface area (Å²) in [6.45, 7) is 3.58. The molecule has 1 rings (SSSR count). The number of aromatic carboxylic acids is 1. The number of hydrogen-bond donors (Lipinski definition) is 3. The molecular formula is C14H18N2O5.